The monoisotopic (exact) mass is 640 g/mol. The van der Waals surface area contributed by atoms with E-state index in [9.17, 15) is 0 Å². The standard InChI is InChI=1S/C38H44N2O7/c1-41-33-17-23(15-29-27-21-37(45-5)35(43-3)19-25(27)11-13-39-29)7-9-31(33)47-32-10-8-24(18-34(32)42-2)16-30-28-22-38(46-6)36(44-4)20-26(28)12-14-40-30/h7-10,17-22,29-30,39-40H,11-16H2,1-6H3. The maximum absolute atomic E-state index is 6.39. The third-order valence-electron chi connectivity index (χ3n) is 9.17. The topological polar surface area (TPSA) is 88.7 Å². The van der Waals surface area contributed by atoms with Crippen molar-refractivity contribution in [1.82, 2.24) is 10.6 Å². The number of ether oxygens (including phenoxy) is 7. The van der Waals surface area contributed by atoms with Gasteiger partial charge in [-0.1, -0.05) is 12.1 Å². The van der Waals surface area contributed by atoms with Gasteiger partial charge in [0.15, 0.2) is 46.0 Å². The molecule has 248 valence electrons. The fourth-order valence-electron chi connectivity index (χ4n) is 6.74. The fraction of sp³-hybridized carbons (Fsp3) is 0.368. The summed E-state index contributed by atoms with van der Waals surface area (Å²) in [4.78, 5) is 0. The van der Waals surface area contributed by atoms with Gasteiger partial charge in [-0.15, -0.1) is 0 Å². The molecule has 0 bridgehead atoms. The molecule has 0 amide bonds. The van der Waals surface area contributed by atoms with E-state index in [1.165, 1.54) is 22.3 Å². The molecule has 2 unspecified atom stereocenters. The number of benzene rings is 4. The van der Waals surface area contributed by atoms with Crippen molar-refractivity contribution in [2.75, 3.05) is 55.7 Å². The van der Waals surface area contributed by atoms with E-state index in [0.29, 0.717) is 23.0 Å². The van der Waals surface area contributed by atoms with Gasteiger partial charge in [0.05, 0.1) is 42.7 Å². The number of hydrogen-bond acceptors (Lipinski definition) is 9. The van der Waals surface area contributed by atoms with Gasteiger partial charge in [0.2, 0.25) is 0 Å². The second-order valence-corrected chi connectivity index (χ2v) is 11.8. The highest BCUT2D eigenvalue weighted by molar-refractivity contribution is 5.53. The largest absolute Gasteiger partial charge is 0.493 e. The summed E-state index contributed by atoms with van der Waals surface area (Å²) in [6, 6.07) is 20.8. The van der Waals surface area contributed by atoms with Gasteiger partial charge in [0, 0.05) is 12.1 Å². The molecule has 4 aromatic carbocycles. The molecule has 6 rings (SSSR count). The van der Waals surface area contributed by atoms with Crippen molar-refractivity contribution in [2.24, 2.45) is 0 Å². The molecule has 9 heteroatoms. The van der Waals surface area contributed by atoms with Crippen LogP contribution in [-0.2, 0) is 25.7 Å². The Morgan fingerprint density at radius 1 is 0.468 bits per heavy atom. The summed E-state index contributed by atoms with van der Waals surface area (Å²) in [5.74, 6) is 5.55. The third-order valence-corrected chi connectivity index (χ3v) is 9.17. The zero-order chi connectivity index (χ0) is 32.9. The van der Waals surface area contributed by atoms with Crippen LogP contribution in [0.25, 0.3) is 0 Å². The van der Waals surface area contributed by atoms with Crippen LogP contribution in [0.15, 0.2) is 60.7 Å². The number of hydrogen-bond donors (Lipinski definition) is 2. The van der Waals surface area contributed by atoms with E-state index in [0.717, 1.165) is 72.9 Å². The molecule has 4 aromatic rings. The highest BCUT2D eigenvalue weighted by atomic mass is 16.5. The Balaban J connectivity index is 1.19. The Labute approximate surface area is 277 Å². The first-order valence-corrected chi connectivity index (χ1v) is 16.0. The van der Waals surface area contributed by atoms with Crippen LogP contribution in [0.1, 0.15) is 45.5 Å². The molecule has 0 saturated carbocycles. The summed E-state index contributed by atoms with van der Waals surface area (Å²) in [7, 11) is 10.0. The number of rotatable bonds is 12. The second kappa shape index (κ2) is 14.4. The van der Waals surface area contributed by atoms with Gasteiger partial charge < -0.3 is 43.8 Å². The first kappa shape index (κ1) is 32.3. The molecule has 2 N–H and O–H groups in total. The lowest BCUT2D eigenvalue weighted by atomic mass is 9.89. The zero-order valence-corrected chi connectivity index (χ0v) is 28.0. The summed E-state index contributed by atoms with van der Waals surface area (Å²) >= 11 is 0. The van der Waals surface area contributed by atoms with Crippen LogP contribution in [0.2, 0.25) is 0 Å². The summed E-state index contributed by atoms with van der Waals surface area (Å²) in [6.07, 6.45) is 3.46. The van der Waals surface area contributed by atoms with Crippen molar-refractivity contribution in [3.8, 4) is 46.0 Å². The van der Waals surface area contributed by atoms with Gasteiger partial charge in [0.1, 0.15) is 0 Å². The van der Waals surface area contributed by atoms with Crippen molar-refractivity contribution in [3.63, 3.8) is 0 Å². The molecule has 2 aliphatic heterocycles. The maximum atomic E-state index is 6.39. The van der Waals surface area contributed by atoms with E-state index in [1.54, 1.807) is 42.7 Å². The van der Waals surface area contributed by atoms with Crippen molar-refractivity contribution >= 4 is 0 Å². The van der Waals surface area contributed by atoms with Crippen molar-refractivity contribution in [3.05, 3.63) is 94.0 Å². The van der Waals surface area contributed by atoms with E-state index in [1.807, 2.05) is 24.3 Å². The van der Waals surface area contributed by atoms with Gasteiger partial charge >= 0.3 is 0 Å². The zero-order valence-electron chi connectivity index (χ0n) is 28.0. The van der Waals surface area contributed by atoms with Gasteiger partial charge in [-0.3, -0.25) is 0 Å². The highest BCUT2D eigenvalue weighted by Gasteiger charge is 2.25. The van der Waals surface area contributed by atoms with Gasteiger partial charge in [-0.2, -0.15) is 0 Å². The summed E-state index contributed by atoms with van der Waals surface area (Å²) in [6.45, 7) is 1.79. The van der Waals surface area contributed by atoms with Crippen LogP contribution in [0.3, 0.4) is 0 Å². The van der Waals surface area contributed by atoms with E-state index in [4.69, 9.17) is 33.2 Å². The molecule has 9 nitrogen and oxygen atoms in total. The van der Waals surface area contributed by atoms with Crippen molar-refractivity contribution in [2.45, 2.75) is 37.8 Å². The molecule has 47 heavy (non-hydrogen) atoms. The molecule has 2 aliphatic rings. The molecular weight excluding hydrogens is 596 g/mol. The second-order valence-electron chi connectivity index (χ2n) is 11.8. The summed E-state index contributed by atoms with van der Waals surface area (Å²) in [5.41, 5.74) is 7.26. The average molecular weight is 641 g/mol. The van der Waals surface area contributed by atoms with Crippen LogP contribution in [-0.4, -0.2) is 55.7 Å². The van der Waals surface area contributed by atoms with Gasteiger partial charge in [-0.25, -0.2) is 0 Å². The predicted molar refractivity (Wildman–Crippen MR) is 181 cm³/mol. The smallest absolute Gasteiger partial charge is 0.169 e. The minimum absolute atomic E-state index is 0.136. The average Bonchev–Trinajstić information content (AvgIpc) is 3.11. The first-order chi connectivity index (χ1) is 23.0. The van der Waals surface area contributed by atoms with E-state index in [2.05, 4.69) is 47.0 Å². The predicted octanol–water partition coefficient (Wildman–Crippen LogP) is 6.39. The van der Waals surface area contributed by atoms with E-state index >= 15 is 0 Å². The van der Waals surface area contributed by atoms with Gasteiger partial charge in [-0.05, 0) is 121 Å². The Kier molecular flexibility index (Phi) is 9.94. The van der Waals surface area contributed by atoms with Crippen LogP contribution in [0.5, 0.6) is 46.0 Å². The van der Waals surface area contributed by atoms with Crippen LogP contribution < -0.4 is 43.8 Å². The van der Waals surface area contributed by atoms with Gasteiger partial charge in [0.25, 0.3) is 0 Å². The fourth-order valence-corrected chi connectivity index (χ4v) is 6.74. The van der Waals surface area contributed by atoms with Crippen molar-refractivity contribution < 1.29 is 33.2 Å². The normalized spacial score (nSPS) is 16.8. The lowest BCUT2D eigenvalue weighted by Crippen LogP contribution is -2.31. The molecule has 2 heterocycles. The summed E-state index contributed by atoms with van der Waals surface area (Å²) in [5, 5.41) is 7.34. The molecule has 0 saturated heterocycles. The third kappa shape index (κ3) is 6.77. The van der Waals surface area contributed by atoms with Crippen LogP contribution in [0.4, 0.5) is 0 Å². The number of nitrogens with one attached hydrogen (secondary N) is 2. The number of fused-ring (bicyclic) bond motifs is 2. The molecule has 0 spiro atoms. The summed E-state index contributed by atoms with van der Waals surface area (Å²) < 4.78 is 40.3. The van der Waals surface area contributed by atoms with Crippen LogP contribution >= 0.6 is 0 Å². The highest BCUT2D eigenvalue weighted by Crippen LogP contribution is 2.41. The lowest BCUT2D eigenvalue weighted by molar-refractivity contribution is 0.351. The Hall–Kier alpha value is -4.60. The minimum Gasteiger partial charge on any atom is -0.493 e. The minimum atomic E-state index is 0.136. The lowest BCUT2D eigenvalue weighted by Gasteiger charge is -2.28. The molecular formula is C38H44N2O7. The number of methoxy groups -OCH3 is 6. The maximum Gasteiger partial charge on any atom is 0.169 e. The Morgan fingerprint density at radius 3 is 1.21 bits per heavy atom. The molecule has 0 radical (unpaired) electrons. The molecule has 0 fully saturated rings. The van der Waals surface area contributed by atoms with E-state index in [-0.39, 0.29) is 12.1 Å². The SMILES string of the molecule is COc1cc2c(cc1OC)C(Cc1ccc(Oc3ccc(CC4NCCc5cc(OC)c(OC)cc54)cc3OC)c(OC)c1)NCC2. The Bertz CT molecular complexity index is 1600. The molecule has 0 aliphatic carbocycles. The van der Waals surface area contributed by atoms with Crippen molar-refractivity contribution in [1.29, 1.82) is 0 Å². The molecule has 0 aromatic heterocycles. The molecule has 2 atom stereocenters. The first-order valence-electron chi connectivity index (χ1n) is 16.0. The van der Waals surface area contributed by atoms with E-state index < -0.39 is 0 Å². The Morgan fingerprint density at radius 2 is 0.830 bits per heavy atom. The van der Waals surface area contributed by atoms with Crippen LogP contribution in [0, 0.1) is 0 Å². The quantitative estimate of drug-likeness (QED) is 0.183.